The van der Waals surface area contributed by atoms with Gasteiger partial charge in [0.05, 0.1) is 5.56 Å². The zero-order valence-electron chi connectivity index (χ0n) is 16.5. The van der Waals surface area contributed by atoms with Crippen molar-refractivity contribution in [3.05, 3.63) is 35.4 Å². The molecule has 1 saturated heterocycles. The van der Waals surface area contributed by atoms with Crippen molar-refractivity contribution in [2.75, 3.05) is 40.8 Å². The molecule has 1 aliphatic heterocycles. The molecular weight excluding hydrogens is 371 g/mol. The van der Waals surface area contributed by atoms with Crippen LogP contribution in [0.3, 0.4) is 0 Å². The summed E-state index contributed by atoms with van der Waals surface area (Å²) in [4.78, 5) is 19.5. The molecule has 9 heteroatoms. The first kappa shape index (κ1) is 22.0. The first-order valence-corrected chi connectivity index (χ1v) is 9.25. The number of aliphatic imine (C=N–C) groups is 1. The van der Waals surface area contributed by atoms with Crippen LogP contribution in [-0.4, -0.2) is 68.5 Å². The van der Waals surface area contributed by atoms with Gasteiger partial charge in [0.1, 0.15) is 0 Å². The number of alkyl halides is 3. The van der Waals surface area contributed by atoms with Crippen LogP contribution in [0.5, 0.6) is 0 Å². The van der Waals surface area contributed by atoms with Crippen LogP contribution in [-0.2, 0) is 17.5 Å². The Morgan fingerprint density at radius 3 is 2.54 bits per heavy atom. The molecule has 2 N–H and O–H groups in total. The van der Waals surface area contributed by atoms with E-state index in [9.17, 15) is 18.0 Å². The van der Waals surface area contributed by atoms with Gasteiger partial charge >= 0.3 is 6.18 Å². The molecule has 0 bridgehead atoms. The summed E-state index contributed by atoms with van der Waals surface area (Å²) in [7, 11) is 5.12. The van der Waals surface area contributed by atoms with Gasteiger partial charge in [-0.3, -0.25) is 14.7 Å². The van der Waals surface area contributed by atoms with E-state index in [0.29, 0.717) is 25.5 Å². The lowest BCUT2D eigenvalue weighted by Crippen LogP contribution is -2.45. The molecule has 1 aromatic carbocycles. The molecule has 1 unspecified atom stereocenters. The fourth-order valence-corrected chi connectivity index (χ4v) is 3.05. The standard InChI is InChI=1S/C19H28F3N5O/c1-23-18(24-10-8-17(28)26(2)3)25-16-9-11-27(13-16)12-14-4-6-15(7-5-14)19(20,21)22/h4-7,16H,8-13H2,1-3H3,(H2,23,24,25). The summed E-state index contributed by atoms with van der Waals surface area (Å²) in [6.45, 7) is 2.74. The Balaban J connectivity index is 1.77. The summed E-state index contributed by atoms with van der Waals surface area (Å²) >= 11 is 0. The van der Waals surface area contributed by atoms with Gasteiger partial charge < -0.3 is 15.5 Å². The molecule has 0 aromatic heterocycles. The molecule has 1 fully saturated rings. The lowest BCUT2D eigenvalue weighted by molar-refractivity contribution is -0.137. The van der Waals surface area contributed by atoms with Crippen LogP contribution in [0.15, 0.2) is 29.3 Å². The van der Waals surface area contributed by atoms with Crippen molar-refractivity contribution in [1.82, 2.24) is 20.4 Å². The minimum atomic E-state index is -4.30. The molecule has 1 heterocycles. The number of hydrogen-bond donors (Lipinski definition) is 2. The van der Waals surface area contributed by atoms with Gasteiger partial charge in [-0.1, -0.05) is 12.1 Å². The van der Waals surface area contributed by atoms with E-state index in [1.807, 2.05) is 0 Å². The Morgan fingerprint density at radius 2 is 1.96 bits per heavy atom. The highest BCUT2D eigenvalue weighted by Crippen LogP contribution is 2.29. The van der Waals surface area contributed by atoms with E-state index < -0.39 is 11.7 Å². The van der Waals surface area contributed by atoms with Crippen LogP contribution in [0.4, 0.5) is 13.2 Å². The minimum absolute atomic E-state index is 0.0477. The van der Waals surface area contributed by atoms with Gasteiger partial charge in [0, 0.05) is 59.8 Å². The summed E-state index contributed by atoms with van der Waals surface area (Å²) in [5.74, 6) is 0.694. The first-order valence-electron chi connectivity index (χ1n) is 9.25. The number of guanidine groups is 1. The zero-order chi connectivity index (χ0) is 20.7. The second-order valence-electron chi connectivity index (χ2n) is 7.10. The second kappa shape index (κ2) is 9.77. The van der Waals surface area contributed by atoms with E-state index in [1.54, 1.807) is 26.0 Å². The average molecular weight is 399 g/mol. The highest BCUT2D eigenvalue weighted by molar-refractivity contribution is 5.81. The highest BCUT2D eigenvalue weighted by Gasteiger charge is 2.30. The van der Waals surface area contributed by atoms with Crippen LogP contribution in [0.2, 0.25) is 0 Å². The van der Waals surface area contributed by atoms with Crippen LogP contribution < -0.4 is 10.6 Å². The number of carbonyl (C=O) groups excluding carboxylic acids is 1. The third-order valence-corrected chi connectivity index (χ3v) is 4.65. The largest absolute Gasteiger partial charge is 0.416 e. The molecule has 1 aromatic rings. The summed E-state index contributed by atoms with van der Waals surface area (Å²) in [6, 6.07) is 5.52. The van der Waals surface area contributed by atoms with Crippen LogP contribution >= 0.6 is 0 Å². The van der Waals surface area contributed by atoms with Crippen molar-refractivity contribution < 1.29 is 18.0 Å². The number of nitrogens with zero attached hydrogens (tertiary/aromatic N) is 3. The van der Waals surface area contributed by atoms with Gasteiger partial charge in [-0.15, -0.1) is 0 Å². The van der Waals surface area contributed by atoms with Gasteiger partial charge in [-0.05, 0) is 24.1 Å². The molecule has 2 rings (SSSR count). The van der Waals surface area contributed by atoms with Gasteiger partial charge in [-0.25, -0.2) is 0 Å². The van der Waals surface area contributed by atoms with E-state index in [0.717, 1.165) is 37.2 Å². The number of hydrogen-bond acceptors (Lipinski definition) is 3. The van der Waals surface area contributed by atoms with E-state index in [-0.39, 0.29) is 11.9 Å². The second-order valence-corrected chi connectivity index (χ2v) is 7.10. The molecule has 0 spiro atoms. The quantitative estimate of drug-likeness (QED) is 0.567. The predicted molar refractivity (Wildman–Crippen MR) is 103 cm³/mol. The number of amides is 1. The molecule has 0 aliphatic carbocycles. The predicted octanol–water partition coefficient (Wildman–Crippen LogP) is 1.92. The molecule has 6 nitrogen and oxygen atoms in total. The van der Waals surface area contributed by atoms with Crippen molar-refractivity contribution in [3.63, 3.8) is 0 Å². The molecule has 1 amide bonds. The number of halogens is 3. The van der Waals surface area contributed by atoms with Crippen LogP contribution in [0, 0.1) is 0 Å². The average Bonchev–Trinajstić information content (AvgIpc) is 3.07. The third-order valence-electron chi connectivity index (χ3n) is 4.65. The summed E-state index contributed by atoms with van der Waals surface area (Å²) in [5.41, 5.74) is 0.234. The van der Waals surface area contributed by atoms with Crippen molar-refractivity contribution in [2.45, 2.75) is 31.6 Å². The topological polar surface area (TPSA) is 60.0 Å². The van der Waals surface area contributed by atoms with E-state index in [2.05, 4.69) is 20.5 Å². The van der Waals surface area contributed by atoms with E-state index in [4.69, 9.17) is 0 Å². The van der Waals surface area contributed by atoms with Crippen molar-refractivity contribution >= 4 is 11.9 Å². The normalized spacial score (nSPS) is 18.2. The lowest BCUT2D eigenvalue weighted by atomic mass is 10.1. The Labute approximate surface area is 163 Å². The van der Waals surface area contributed by atoms with Gasteiger partial charge in [0.25, 0.3) is 0 Å². The lowest BCUT2D eigenvalue weighted by Gasteiger charge is -2.19. The minimum Gasteiger partial charge on any atom is -0.356 e. The number of likely N-dealkylation sites (tertiary alicyclic amines) is 1. The SMILES string of the molecule is CN=C(NCCC(=O)N(C)C)NC1CCN(Cc2ccc(C(F)(F)F)cc2)C1. The number of nitrogens with one attached hydrogen (secondary N) is 2. The maximum absolute atomic E-state index is 12.6. The Kier molecular flexibility index (Phi) is 7.68. The summed E-state index contributed by atoms with van der Waals surface area (Å²) in [6.07, 6.45) is -3.00. The van der Waals surface area contributed by atoms with E-state index >= 15 is 0 Å². The Morgan fingerprint density at radius 1 is 1.29 bits per heavy atom. The number of carbonyl (C=O) groups is 1. The fourth-order valence-electron chi connectivity index (χ4n) is 3.05. The smallest absolute Gasteiger partial charge is 0.356 e. The van der Waals surface area contributed by atoms with Crippen LogP contribution in [0.1, 0.15) is 24.0 Å². The van der Waals surface area contributed by atoms with Crippen LogP contribution in [0.25, 0.3) is 0 Å². The van der Waals surface area contributed by atoms with Gasteiger partial charge in [0.15, 0.2) is 5.96 Å². The maximum Gasteiger partial charge on any atom is 0.416 e. The van der Waals surface area contributed by atoms with Crippen molar-refractivity contribution in [3.8, 4) is 0 Å². The van der Waals surface area contributed by atoms with E-state index in [1.165, 1.54) is 12.1 Å². The fraction of sp³-hybridized carbons (Fsp3) is 0.579. The molecule has 1 atom stereocenters. The Hall–Kier alpha value is -2.29. The van der Waals surface area contributed by atoms with Crippen molar-refractivity contribution in [2.24, 2.45) is 4.99 Å². The maximum atomic E-state index is 12.6. The molecule has 0 radical (unpaired) electrons. The van der Waals surface area contributed by atoms with Crippen molar-refractivity contribution in [1.29, 1.82) is 0 Å². The monoisotopic (exact) mass is 399 g/mol. The van der Waals surface area contributed by atoms with Gasteiger partial charge in [-0.2, -0.15) is 13.2 Å². The highest BCUT2D eigenvalue weighted by atomic mass is 19.4. The third kappa shape index (κ3) is 6.70. The number of rotatable bonds is 6. The molecule has 1 aliphatic rings. The zero-order valence-corrected chi connectivity index (χ0v) is 16.5. The first-order chi connectivity index (χ1) is 13.2. The summed E-state index contributed by atoms with van der Waals surface area (Å²) in [5, 5.41) is 6.47. The Bertz CT molecular complexity index is 673. The molecule has 28 heavy (non-hydrogen) atoms. The molecule has 0 saturated carbocycles. The van der Waals surface area contributed by atoms with Gasteiger partial charge in [0.2, 0.25) is 5.91 Å². The molecular formula is C19H28F3N5O. The molecule has 156 valence electrons. The summed E-state index contributed by atoms with van der Waals surface area (Å²) < 4.78 is 37.9. The number of benzene rings is 1.